The Kier molecular flexibility index (Phi) is 3.38. The zero-order valence-corrected chi connectivity index (χ0v) is 10.3. The number of ether oxygens (including phenoxy) is 1. The lowest BCUT2D eigenvalue weighted by Crippen LogP contribution is -2.46. The lowest BCUT2D eigenvalue weighted by Gasteiger charge is -2.28. The van der Waals surface area contributed by atoms with E-state index in [0.29, 0.717) is 0 Å². The highest BCUT2D eigenvalue weighted by Gasteiger charge is 2.47. The molecule has 1 heterocycles. The van der Waals surface area contributed by atoms with Crippen molar-refractivity contribution < 1.29 is 19.4 Å². The molecular weight excluding hydrogens is 222 g/mol. The van der Waals surface area contributed by atoms with Gasteiger partial charge in [0.05, 0.1) is 18.1 Å². The fourth-order valence-electron chi connectivity index (χ4n) is 2.51. The van der Waals surface area contributed by atoms with Crippen molar-refractivity contribution in [2.75, 3.05) is 0 Å². The molecule has 1 saturated carbocycles. The topological polar surface area (TPSA) is 66.8 Å². The quantitative estimate of drug-likeness (QED) is 0.791. The van der Waals surface area contributed by atoms with Crippen molar-refractivity contribution in [3.05, 3.63) is 0 Å². The van der Waals surface area contributed by atoms with Gasteiger partial charge in [0, 0.05) is 0 Å². The predicted octanol–water partition coefficient (Wildman–Crippen LogP) is 1.29. The first-order valence-electron chi connectivity index (χ1n) is 6.24. The molecule has 0 radical (unpaired) electrons. The second-order valence-electron chi connectivity index (χ2n) is 5.01. The number of fused-ring (bicyclic) bond motifs is 1. The number of hydrogen-bond acceptors (Lipinski definition) is 4. The highest BCUT2D eigenvalue weighted by atomic mass is 16.6. The molecule has 0 aromatic carbocycles. The summed E-state index contributed by atoms with van der Waals surface area (Å²) >= 11 is 0. The average Bonchev–Trinajstić information content (AvgIpc) is 2.62. The summed E-state index contributed by atoms with van der Waals surface area (Å²) in [7, 11) is 0. The summed E-state index contributed by atoms with van der Waals surface area (Å²) in [5, 5.41) is 9.43. The number of imide groups is 1. The monoisotopic (exact) mass is 241 g/mol. The number of rotatable bonds is 2. The number of aliphatic hydroxyl groups is 1. The zero-order valence-electron chi connectivity index (χ0n) is 10.3. The van der Waals surface area contributed by atoms with Gasteiger partial charge in [-0.05, 0) is 26.2 Å². The summed E-state index contributed by atoms with van der Waals surface area (Å²) in [5.41, 5.74) is 0. The first-order valence-corrected chi connectivity index (χ1v) is 6.24. The molecule has 1 aliphatic heterocycles. The van der Waals surface area contributed by atoms with Crippen LogP contribution in [0.5, 0.6) is 0 Å². The van der Waals surface area contributed by atoms with Crippen LogP contribution in [0.1, 0.15) is 39.5 Å². The second kappa shape index (κ2) is 4.64. The van der Waals surface area contributed by atoms with Crippen molar-refractivity contribution in [1.82, 2.24) is 4.90 Å². The summed E-state index contributed by atoms with van der Waals surface area (Å²) in [6.07, 6.45) is 2.28. The number of aliphatic hydroxyl groups excluding tert-OH is 1. The largest absolute Gasteiger partial charge is 0.444 e. The molecule has 5 heteroatoms. The third-order valence-electron chi connectivity index (χ3n) is 3.80. The van der Waals surface area contributed by atoms with Crippen LogP contribution in [0.4, 0.5) is 4.79 Å². The Bertz CT molecular complexity index is 328. The Hall–Kier alpha value is -1.10. The number of carbonyl (C=O) groups is 2. The van der Waals surface area contributed by atoms with E-state index < -0.39 is 18.1 Å². The summed E-state index contributed by atoms with van der Waals surface area (Å²) in [5.74, 6) is -0.886. The lowest BCUT2D eigenvalue weighted by molar-refractivity contribution is -0.136. The van der Waals surface area contributed by atoms with Gasteiger partial charge in [-0.25, -0.2) is 9.69 Å². The molecule has 5 nitrogen and oxygen atoms in total. The van der Waals surface area contributed by atoms with Crippen molar-refractivity contribution in [2.45, 2.75) is 57.8 Å². The molecule has 96 valence electrons. The van der Waals surface area contributed by atoms with E-state index in [0.717, 1.165) is 25.7 Å². The van der Waals surface area contributed by atoms with Crippen molar-refractivity contribution in [3.8, 4) is 0 Å². The molecular formula is C12H19NO4. The normalized spacial score (nSPS) is 31.7. The molecule has 4 atom stereocenters. The molecule has 0 bridgehead atoms. The van der Waals surface area contributed by atoms with Crippen molar-refractivity contribution in [1.29, 1.82) is 0 Å². The van der Waals surface area contributed by atoms with E-state index in [-0.39, 0.29) is 18.1 Å². The van der Waals surface area contributed by atoms with E-state index in [2.05, 4.69) is 0 Å². The van der Waals surface area contributed by atoms with Gasteiger partial charge in [-0.15, -0.1) is 0 Å². The van der Waals surface area contributed by atoms with Gasteiger partial charge in [0.15, 0.2) is 0 Å². The van der Waals surface area contributed by atoms with Crippen LogP contribution in [0.2, 0.25) is 0 Å². The smallest absolute Gasteiger partial charge is 0.417 e. The van der Waals surface area contributed by atoms with Gasteiger partial charge in [-0.1, -0.05) is 13.3 Å². The van der Waals surface area contributed by atoms with Crippen LogP contribution in [0.25, 0.3) is 0 Å². The summed E-state index contributed by atoms with van der Waals surface area (Å²) < 4.78 is 5.21. The Morgan fingerprint density at radius 1 is 1.41 bits per heavy atom. The minimum Gasteiger partial charge on any atom is -0.444 e. The fraction of sp³-hybridized carbons (Fsp3) is 0.833. The van der Waals surface area contributed by atoms with Crippen LogP contribution in [-0.4, -0.2) is 40.3 Å². The Morgan fingerprint density at radius 2 is 2.06 bits per heavy atom. The molecule has 0 spiro atoms. The van der Waals surface area contributed by atoms with Gasteiger partial charge in [0.1, 0.15) is 6.10 Å². The maximum atomic E-state index is 12.1. The summed E-state index contributed by atoms with van der Waals surface area (Å²) in [6.45, 7) is 3.19. The minimum absolute atomic E-state index is 0.120. The Labute approximate surface area is 101 Å². The molecule has 2 amide bonds. The second-order valence-corrected chi connectivity index (χ2v) is 5.01. The van der Waals surface area contributed by atoms with Crippen LogP contribution in [0, 0.1) is 5.92 Å². The number of nitrogens with zero attached hydrogens (tertiary/aromatic N) is 1. The fourth-order valence-corrected chi connectivity index (χ4v) is 2.51. The van der Waals surface area contributed by atoms with Gasteiger partial charge in [-0.2, -0.15) is 0 Å². The molecule has 0 unspecified atom stereocenters. The number of carbonyl (C=O) groups excluding carboxylic acids is 2. The molecule has 0 aromatic rings. The minimum atomic E-state index is -0.752. The molecule has 2 rings (SSSR count). The van der Waals surface area contributed by atoms with Crippen LogP contribution in [0.3, 0.4) is 0 Å². The van der Waals surface area contributed by atoms with Gasteiger partial charge < -0.3 is 9.84 Å². The lowest BCUT2D eigenvalue weighted by atomic mass is 9.91. The molecule has 2 fully saturated rings. The van der Waals surface area contributed by atoms with E-state index in [9.17, 15) is 14.7 Å². The number of hydrogen-bond donors (Lipinski definition) is 1. The van der Waals surface area contributed by atoms with E-state index in [1.54, 1.807) is 13.8 Å². The third kappa shape index (κ3) is 2.16. The molecule has 1 aliphatic carbocycles. The highest BCUT2D eigenvalue weighted by molar-refractivity contribution is 5.95. The number of amides is 2. The molecule has 1 saturated heterocycles. The maximum Gasteiger partial charge on any atom is 0.417 e. The van der Waals surface area contributed by atoms with Crippen LogP contribution in [0.15, 0.2) is 0 Å². The summed E-state index contributed by atoms with van der Waals surface area (Å²) in [4.78, 5) is 25.1. The zero-order chi connectivity index (χ0) is 12.6. The Balaban J connectivity index is 2.14. The van der Waals surface area contributed by atoms with Crippen molar-refractivity contribution >= 4 is 12.0 Å². The average molecular weight is 241 g/mol. The highest BCUT2D eigenvalue weighted by Crippen LogP contribution is 2.32. The van der Waals surface area contributed by atoms with Crippen molar-refractivity contribution in [3.63, 3.8) is 0 Å². The van der Waals surface area contributed by atoms with Gasteiger partial charge in [-0.3, -0.25) is 4.79 Å². The van der Waals surface area contributed by atoms with Crippen molar-refractivity contribution in [2.24, 2.45) is 5.92 Å². The van der Waals surface area contributed by atoms with Crippen LogP contribution < -0.4 is 0 Å². The van der Waals surface area contributed by atoms with E-state index in [4.69, 9.17) is 4.74 Å². The van der Waals surface area contributed by atoms with E-state index in [1.807, 2.05) is 0 Å². The molecule has 0 aromatic heterocycles. The first kappa shape index (κ1) is 12.4. The Morgan fingerprint density at radius 3 is 2.71 bits per heavy atom. The first-order chi connectivity index (χ1) is 8.02. The maximum absolute atomic E-state index is 12.1. The molecule has 17 heavy (non-hydrogen) atoms. The van der Waals surface area contributed by atoms with Crippen LogP contribution in [-0.2, 0) is 9.53 Å². The summed E-state index contributed by atoms with van der Waals surface area (Å²) in [6, 6.07) is -0.120. The molecule has 1 N–H and O–H groups in total. The van der Waals surface area contributed by atoms with Gasteiger partial charge in [0.25, 0.3) is 0 Å². The van der Waals surface area contributed by atoms with Crippen LogP contribution >= 0.6 is 0 Å². The van der Waals surface area contributed by atoms with Gasteiger partial charge in [0.2, 0.25) is 5.91 Å². The predicted molar refractivity (Wildman–Crippen MR) is 60.2 cm³/mol. The van der Waals surface area contributed by atoms with E-state index >= 15 is 0 Å². The molecule has 2 aliphatic rings. The van der Waals surface area contributed by atoms with E-state index in [1.165, 1.54) is 4.90 Å². The third-order valence-corrected chi connectivity index (χ3v) is 3.80. The standard InChI is InChI=1S/C12H19NO4/c1-7(8(2)14)11(15)13-9-5-3-4-6-10(9)17-12(13)16/h7-10,14H,3-6H2,1-2H3/t7-,8+,9-,10+/m1/s1. The van der Waals surface area contributed by atoms with Gasteiger partial charge >= 0.3 is 6.09 Å². The SMILES string of the molecule is C[C@H](O)[C@@H](C)C(=O)N1C(=O)O[C@H]2CCCC[C@H]21.